The molecule has 37 heavy (non-hydrogen) atoms. The van der Waals surface area contributed by atoms with Crippen LogP contribution in [0.2, 0.25) is 0 Å². The van der Waals surface area contributed by atoms with E-state index in [1.807, 2.05) is 0 Å². The van der Waals surface area contributed by atoms with Crippen molar-refractivity contribution in [2.45, 2.75) is 105 Å². The van der Waals surface area contributed by atoms with Crippen LogP contribution in [0.1, 0.15) is 13.3 Å². The van der Waals surface area contributed by atoms with Gasteiger partial charge in [-0.15, -0.1) is 0 Å². The van der Waals surface area contributed by atoms with Crippen LogP contribution in [0.3, 0.4) is 0 Å². The van der Waals surface area contributed by atoms with Crippen LogP contribution >= 0.6 is 0 Å². The number of ether oxygens (including phenoxy) is 6. The summed E-state index contributed by atoms with van der Waals surface area (Å²) in [6.07, 6.45) is -22.9. The van der Waals surface area contributed by atoms with Gasteiger partial charge in [-0.25, -0.2) is 0 Å². The summed E-state index contributed by atoms with van der Waals surface area (Å²) in [5, 5.41) is 101. The molecular weight excluding hydrogens is 508 g/mol. The van der Waals surface area contributed by atoms with Gasteiger partial charge in [0, 0.05) is 6.61 Å². The van der Waals surface area contributed by atoms with Crippen LogP contribution in [0.4, 0.5) is 0 Å². The van der Waals surface area contributed by atoms with E-state index >= 15 is 0 Å². The average molecular weight is 547 g/mol. The smallest absolute Gasteiger partial charge is 0.187 e. The Morgan fingerprint density at radius 3 is 1.57 bits per heavy atom. The second-order valence-corrected chi connectivity index (χ2v) is 9.22. The minimum atomic E-state index is -1.81. The fourth-order valence-corrected chi connectivity index (χ4v) is 4.30. The maximum Gasteiger partial charge on any atom is 0.187 e. The summed E-state index contributed by atoms with van der Waals surface area (Å²) in [5.41, 5.74) is 0. The molecule has 3 fully saturated rings. The van der Waals surface area contributed by atoms with Crippen molar-refractivity contribution in [3.8, 4) is 0 Å². The van der Waals surface area contributed by atoms with Crippen molar-refractivity contribution in [2.75, 3.05) is 26.4 Å². The van der Waals surface area contributed by atoms with Crippen LogP contribution in [0, 0.1) is 0 Å². The van der Waals surface area contributed by atoms with E-state index in [-0.39, 0.29) is 6.61 Å². The first-order chi connectivity index (χ1) is 17.5. The fraction of sp³-hybridized carbons (Fsp3) is 1.00. The zero-order valence-electron chi connectivity index (χ0n) is 20.1. The van der Waals surface area contributed by atoms with Gasteiger partial charge >= 0.3 is 0 Å². The summed E-state index contributed by atoms with van der Waals surface area (Å²) < 4.78 is 32.7. The Balaban J connectivity index is 1.73. The third-order valence-corrected chi connectivity index (χ3v) is 6.54. The molecule has 0 aromatic carbocycles. The summed E-state index contributed by atoms with van der Waals surface area (Å²) in [6, 6.07) is 0. The number of rotatable bonds is 10. The Kier molecular flexibility index (Phi) is 11.4. The van der Waals surface area contributed by atoms with Crippen molar-refractivity contribution in [1.29, 1.82) is 0 Å². The molecule has 3 heterocycles. The van der Waals surface area contributed by atoms with Gasteiger partial charge < -0.3 is 79.5 Å². The van der Waals surface area contributed by atoms with Crippen LogP contribution < -0.4 is 0 Å². The lowest BCUT2D eigenvalue weighted by Gasteiger charge is -2.46. The third-order valence-electron chi connectivity index (χ3n) is 6.54. The van der Waals surface area contributed by atoms with Gasteiger partial charge in [0.15, 0.2) is 18.9 Å². The summed E-state index contributed by atoms with van der Waals surface area (Å²) in [7, 11) is 0. The molecule has 0 saturated carbocycles. The van der Waals surface area contributed by atoms with E-state index < -0.39 is 112 Å². The molecule has 1 unspecified atom stereocenters. The van der Waals surface area contributed by atoms with Gasteiger partial charge in [0.05, 0.1) is 19.8 Å². The highest BCUT2D eigenvalue weighted by Crippen LogP contribution is 2.31. The zero-order valence-corrected chi connectivity index (χ0v) is 20.1. The number of aliphatic hydroxyl groups is 10. The Morgan fingerprint density at radius 2 is 1.03 bits per heavy atom. The lowest BCUT2D eigenvalue weighted by molar-refractivity contribution is -0.366. The summed E-state index contributed by atoms with van der Waals surface area (Å²) in [4.78, 5) is 0. The van der Waals surface area contributed by atoms with E-state index in [0.29, 0.717) is 6.42 Å². The normalized spacial score (nSPS) is 49.2. The van der Waals surface area contributed by atoms with Crippen molar-refractivity contribution in [3.63, 3.8) is 0 Å². The van der Waals surface area contributed by atoms with Gasteiger partial charge in [0.2, 0.25) is 0 Å². The standard InChI is InChI=1S/C21H38O16/c1-2-3-32-20-17(31)18(37-21-16(30)14(28)11(25)8(5-23)35-21)12(26)9(36-20)6-33-19-15(29)13(27)10(24)7(4-22)34-19/h7-31H,2-6H2,1H3/t7-,8-,9-,10-,11-,12-,13+,14+,15+,16+,17+,18+,19+,20+,21?/m1/s1. The molecular formula is C21H38O16. The lowest BCUT2D eigenvalue weighted by atomic mass is 9.96. The molecule has 218 valence electrons. The number of aliphatic hydroxyl groups excluding tert-OH is 10. The first-order valence-electron chi connectivity index (χ1n) is 12.1. The quantitative estimate of drug-likeness (QED) is 0.122. The maximum atomic E-state index is 10.9. The second-order valence-electron chi connectivity index (χ2n) is 9.22. The van der Waals surface area contributed by atoms with Gasteiger partial charge in [-0.3, -0.25) is 0 Å². The molecule has 15 atom stereocenters. The van der Waals surface area contributed by atoms with Crippen molar-refractivity contribution < 1.29 is 79.5 Å². The van der Waals surface area contributed by atoms with E-state index in [9.17, 15) is 51.1 Å². The second kappa shape index (κ2) is 13.6. The lowest BCUT2D eigenvalue weighted by Crippen LogP contribution is -2.65. The summed E-state index contributed by atoms with van der Waals surface area (Å²) in [5.74, 6) is 0. The first kappa shape index (κ1) is 30.9. The first-order valence-corrected chi connectivity index (χ1v) is 12.1. The Morgan fingerprint density at radius 1 is 0.541 bits per heavy atom. The SMILES string of the molecule is CCCO[C@H]1O[C@H](CO[C@H]2O[C@H](CO)[C@@H](O)[C@H](O)[C@@H]2O)[C@@H](O)[C@H](OC2O[C@H](CO)[C@@H](O)[C@H](O)[C@@H]2O)[C@@H]1O. The van der Waals surface area contributed by atoms with Crippen molar-refractivity contribution in [3.05, 3.63) is 0 Å². The average Bonchev–Trinajstić information content (AvgIpc) is 2.89. The predicted octanol–water partition coefficient (Wildman–Crippen LogP) is -6.14. The molecule has 0 aliphatic carbocycles. The van der Waals surface area contributed by atoms with Crippen molar-refractivity contribution in [1.82, 2.24) is 0 Å². The van der Waals surface area contributed by atoms with E-state index in [4.69, 9.17) is 28.4 Å². The van der Waals surface area contributed by atoms with E-state index in [2.05, 4.69) is 0 Å². The molecule has 10 N–H and O–H groups in total. The maximum absolute atomic E-state index is 10.9. The zero-order chi connectivity index (χ0) is 27.4. The molecule has 0 spiro atoms. The van der Waals surface area contributed by atoms with E-state index in [1.54, 1.807) is 6.92 Å². The van der Waals surface area contributed by atoms with Gasteiger partial charge in [-0.05, 0) is 6.42 Å². The van der Waals surface area contributed by atoms with Gasteiger partial charge in [-0.2, -0.15) is 0 Å². The highest BCUT2D eigenvalue weighted by atomic mass is 16.7. The molecule has 0 radical (unpaired) electrons. The summed E-state index contributed by atoms with van der Waals surface area (Å²) >= 11 is 0. The number of hydrogen-bond acceptors (Lipinski definition) is 16. The van der Waals surface area contributed by atoms with Crippen LogP contribution in [-0.2, 0) is 28.4 Å². The molecule has 3 saturated heterocycles. The van der Waals surface area contributed by atoms with Gasteiger partial charge in [-0.1, -0.05) is 6.92 Å². The largest absolute Gasteiger partial charge is 0.394 e. The molecule has 0 bridgehead atoms. The van der Waals surface area contributed by atoms with Crippen LogP contribution in [-0.4, -0.2) is 170 Å². The molecule has 0 aromatic heterocycles. The third kappa shape index (κ3) is 6.75. The highest BCUT2D eigenvalue weighted by Gasteiger charge is 2.52. The van der Waals surface area contributed by atoms with Crippen molar-refractivity contribution in [2.24, 2.45) is 0 Å². The predicted molar refractivity (Wildman–Crippen MR) is 115 cm³/mol. The van der Waals surface area contributed by atoms with Crippen LogP contribution in [0.5, 0.6) is 0 Å². The van der Waals surface area contributed by atoms with Gasteiger partial charge in [0.1, 0.15) is 73.2 Å². The fourth-order valence-electron chi connectivity index (χ4n) is 4.30. The van der Waals surface area contributed by atoms with E-state index in [1.165, 1.54) is 0 Å². The Bertz CT molecular complexity index is 683. The topological polar surface area (TPSA) is 258 Å². The highest BCUT2D eigenvalue weighted by molar-refractivity contribution is 4.95. The molecule has 3 aliphatic rings. The van der Waals surface area contributed by atoms with Crippen molar-refractivity contribution >= 4 is 0 Å². The Hall–Kier alpha value is -0.640. The monoisotopic (exact) mass is 546 g/mol. The van der Waals surface area contributed by atoms with Gasteiger partial charge in [0.25, 0.3) is 0 Å². The summed E-state index contributed by atoms with van der Waals surface area (Å²) in [6.45, 7) is 0.0245. The molecule has 0 aromatic rings. The molecule has 3 aliphatic heterocycles. The minimum Gasteiger partial charge on any atom is -0.394 e. The van der Waals surface area contributed by atoms with E-state index in [0.717, 1.165) is 0 Å². The van der Waals surface area contributed by atoms with Crippen LogP contribution in [0.15, 0.2) is 0 Å². The number of hydrogen-bond donors (Lipinski definition) is 10. The minimum absolute atomic E-state index is 0.144. The molecule has 16 heteroatoms. The van der Waals surface area contributed by atoms with Crippen LogP contribution in [0.25, 0.3) is 0 Å². The molecule has 0 amide bonds. The Labute approximate surface area is 212 Å². The molecule has 16 nitrogen and oxygen atoms in total. The molecule has 3 rings (SSSR count).